The molecule has 0 bridgehead atoms. The molecule has 1 aliphatic carbocycles. The quantitative estimate of drug-likeness (QED) is 0.881. The Labute approximate surface area is 121 Å². The molecule has 0 aromatic heterocycles. The molecule has 1 amide bonds. The molecule has 1 aromatic rings. The van der Waals surface area contributed by atoms with E-state index in [0.29, 0.717) is 16.5 Å². The van der Waals surface area contributed by atoms with Crippen LogP contribution in [0.25, 0.3) is 0 Å². The third-order valence-corrected chi connectivity index (χ3v) is 4.98. The van der Waals surface area contributed by atoms with Crippen molar-refractivity contribution in [1.29, 1.82) is 0 Å². The maximum absolute atomic E-state index is 12.0. The monoisotopic (exact) mass is 329 g/mol. The number of hydrogen-bond donors (Lipinski definition) is 1. The number of carbonyl (C=O) groups excluding carboxylic acids is 1. The van der Waals surface area contributed by atoms with Gasteiger partial charge in [-0.1, -0.05) is 31.4 Å². The molecule has 0 heterocycles. The Bertz CT molecular complexity index is 449. The largest absolute Gasteiger partial charge is 0.352 e. The topological polar surface area (TPSA) is 29.1 Å². The highest BCUT2D eigenvalue weighted by atomic mass is 79.9. The van der Waals surface area contributed by atoms with Crippen LogP contribution < -0.4 is 5.32 Å². The van der Waals surface area contributed by atoms with Crippen LogP contribution in [0.1, 0.15) is 36.5 Å². The van der Waals surface area contributed by atoms with Crippen LogP contribution in [0, 0.1) is 11.8 Å². The van der Waals surface area contributed by atoms with Gasteiger partial charge in [0.05, 0.1) is 5.02 Å². The Morgan fingerprint density at radius 1 is 1.50 bits per heavy atom. The lowest BCUT2D eigenvalue weighted by Crippen LogP contribution is -2.30. The fourth-order valence-electron chi connectivity index (χ4n) is 2.49. The lowest BCUT2D eigenvalue weighted by Gasteiger charge is -2.16. The number of hydrogen-bond acceptors (Lipinski definition) is 1. The van der Waals surface area contributed by atoms with Gasteiger partial charge in [-0.05, 0) is 52.4 Å². The molecule has 1 saturated carbocycles. The Morgan fingerprint density at radius 2 is 2.28 bits per heavy atom. The molecule has 1 aliphatic rings. The second-order valence-corrected chi connectivity index (χ2v) is 6.27. The van der Waals surface area contributed by atoms with Crippen molar-refractivity contribution >= 4 is 33.4 Å². The summed E-state index contributed by atoms with van der Waals surface area (Å²) in [7, 11) is 0. The van der Waals surface area contributed by atoms with Crippen LogP contribution >= 0.6 is 27.5 Å². The highest BCUT2D eigenvalue weighted by molar-refractivity contribution is 9.10. The predicted octanol–water partition coefficient (Wildman–Crippen LogP) is 4.27. The minimum atomic E-state index is -0.0384. The molecule has 1 N–H and O–H groups in total. The summed E-state index contributed by atoms with van der Waals surface area (Å²) in [5, 5.41) is 3.57. The van der Waals surface area contributed by atoms with E-state index < -0.39 is 0 Å². The molecule has 2 unspecified atom stereocenters. The van der Waals surface area contributed by atoms with Gasteiger partial charge in [0, 0.05) is 16.6 Å². The molecule has 1 fully saturated rings. The minimum absolute atomic E-state index is 0.0384. The van der Waals surface area contributed by atoms with E-state index in [1.54, 1.807) is 18.2 Å². The van der Waals surface area contributed by atoms with E-state index in [9.17, 15) is 4.79 Å². The highest BCUT2D eigenvalue weighted by Crippen LogP contribution is 2.30. The average molecular weight is 331 g/mol. The molecule has 18 heavy (non-hydrogen) atoms. The SMILES string of the molecule is CC1CCCC1CNC(=O)c1ccc(Br)c(Cl)c1. The molecule has 98 valence electrons. The van der Waals surface area contributed by atoms with Gasteiger partial charge in [0.1, 0.15) is 0 Å². The maximum atomic E-state index is 12.0. The zero-order chi connectivity index (χ0) is 13.1. The van der Waals surface area contributed by atoms with Gasteiger partial charge in [-0.3, -0.25) is 4.79 Å². The van der Waals surface area contributed by atoms with E-state index in [-0.39, 0.29) is 5.91 Å². The standard InChI is InChI=1S/C14H17BrClNO/c1-9-3-2-4-11(9)8-17-14(18)10-5-6-12(15)13(16)7-10/h5-7,9,11H,2-4,8H2,1H3,(H,17,18). The zero-order valence-electron chi connectivity index (χ0n) is 10.4. The van der Waals surface area contributed by atoms with Crippen LogP contribution in [0.15, 0.2) is 22.7 Å². The van der Waals surface area contributed by atoms with Crippen molar-refractivity contribution in [3.8, 4) is 0 Å². The Morgan fingerprint density at radius 3 is 2.89 bits per heavy atom. The first-order valence-electron chi connectivity index (χ1n) is 6.31. The lowest BCUT2D eigenvalue weighted by atomic mass is 9.98. The summed E-state index contributed by atoms with van der Waals surface area (Å²) in [5.41, 5.74) is 0.619. The van der Waals surface area contributed by atoms with Gasteiger partial charge in [-0.25, -0.2) is 0 Å². The number of rotatable bonds is 3. The van der Waals surface area contributed by atoms with Crippen LogP contribution in [-0.2, 0) is 0 Å². The van der Waals surface area contributed by atoms with E-state index in [1.165, 1.54) is 19.3 Å². The second-order valence-electron chi connectivity index (χ2n) is 5.01. The Balaban J connectivity index is 1.93. The number of amides is 1. The lowest BCUT2D eigenvalue weighted by molar-refractivity contribution is 0.0944. The van der Waals surface area contributed by atoms with Crippen LogP contribution in [0.5, 0.6) is 0 Å². The first kappa shape index (κ1) is 13.9. The third-order valence-electron chi connectivity index (χ3n) is 3.75. The summed E-state index contributed by atoms with van der Waals surface area (Å²) in [6, 6.07) is 5.28. The van der Waals surface area contributed by atoms with E-state index in [0.717, 1.165) is 16.9 Å². The van der Waals surface area contributed by atoms with Crippen molar-refractivity contribution in [2.24, 2.45) is 11.8 Å². The van der Waals surface area contributed by atoms with Crippen molar-refractivity contribution in [2.45, 2.75) is 26.2 Å². The maximum Gasteiger partial charge on any atom is 0.251 e. The number of carbonyl (C=O) groups is 1. The Kier molecular flexibility index (Phi) is 4.68. The van der Waals surface area contributed by atoms with Crippen molar-refractivity contribution in [3.05, 3.63) is 33.3 Å². The van der Waals surface area contributed by atoms with Gasteiger partial charge in [0.25, 0.3) is 5.91 Å². The van der Waals surface area contributed by atoms with Crippen LogP contribution in [-0.4, -0.2) is 12.5 Å². The zero-order valence-corrected chi connectivity index (χ0v) is 12.7. The first-order valence-corrected chi connectivity index (χ1v) is 7.48. The number of nitrogens with one attached hydrogen (secondary N) is 1. The van der Waals surface area contributed by atoms with E-state index in [2.05, 4.69) is 28.2 Å². The normalized spacial score (nSPS) is 23.1. The van der Waals surface area contributed by atoms with Gasteiger partial charge >= 0.3 is 0 Å². The van der Waals surface area contributed by atoms with Gasteiger partial charge in [0.15, 0.2) is 0 Å². The molecule has 0 radical (unpaired) electrons. The van der Waals surface area contributed by atoms with Crippen molar-refractivity contribution < 1.29 is 4.79 Å². The fraction of sp³-hybridized carbons (Fsp3) is 0.500. The molecular formula is C14H17BrClNO. The molecule has 0 spiro atoms. The number of halogens is 2. The molecule has 2 nitrogen and oxygen atoms in total. The molecule has 0 aliphatic heterocycles. The summed E-state index contributed by atoms with van der Waals surface area (Å²) >= 11 is 9.30. The summed E-state index contributed by atoms with van der Waals surface area (Å²) < 4.78 is 0.810. The van der Waals surface area contributed by atoms with Gasteiger partial charge in [-0.2, -0.15) is 0 Å². The molecule has 1 aromatic carbocycles. The van der Waals surface area contributed by atoms with Gasteiger partial charge < -0.3 is 5.32 Å². The number of benzene rings is 1. The van der Waals surface area contributed by atoms with E-state index >= 15 is 0 Å². The van der Waals surface area contributed by atoms with E-state index in [4.69, 9.17) is 11.6 Å². The van der Waals surface area contributed by atoms with Crippen LogP contribution in [0.2, 0.25) is 5.02 Å². The van der Waals surface area contributed by atoms with E-state index in [1.807, 2.05) is 0 Å². The van der Waals surface area contributed by atoms with Crippen molar-refractivity contribution in [3.63, 3.8) is 0 Å². The first-order chi connectivity index (χ1) is 8.58. The molecule has 0 saturated heterocycles. The third kappa shape index (κ3) is 3.27. The van der Waals surface area contributed by atoms with Gasteiger partial charge in [-0.15, -0.1) is 0 Å². The average Bonchev–Trinajstić information content (AvgIpc) is 2.75. The summed E-state index contributed by atoms with van der Waals surface area (Å²) in [6.45, 7) is 3.04. The Hall–Kier alpha value is -0.540. The second kappa shape index (κ2) is 6.07. The molecule has 2 atom stereocenters. The molecule has 2 rings (SSSR count). The summed E-state index contributed by atoms with van der Waals surface area (Å²) in [5.74, 6) is 1.31. The molecule has 4 heteroatoms. The highest BCUT2D eigenvalue weighted by Gasteiger charge is 2.23. The fourth-order valence-corrected chi connectivity index (χ4v) is 2.92. The molecular weight excluding hydrogens is 314 g/mol. The summed E-state index contributed by atoms with van der Waals surface area (Å²) in [4.78, 5) is 12.0. The van der Waals surface area contributed by atoms with Crippen molar-refractivity contribution in [2.75, 3.05) is 6.54 Å². The van der Waals surface area contributed by atoms with Crippen molar-refractivity contribution in [1.82, 2.24) is 5.32 Å². The van der Waals surface area contributed by atoms with Crippen LogP contribution in [0.3, 0.4) is 0 Å². The smallest absolute Gasteiger partial charge is 0.251 e. The minimum Gasteiger partial charge on any atom is -0.352 e. The predicted molar refractivity (Wildman–Crippen MR) is 78.0 cm³/mol. The van der Waals surface area contributed by atoms with Crippen LogP contribution in [0.4, 0.5) is 0 Å². The summed E-state index contributed by atoms with van der Waals surface area (Å²) in [6.07, 6.45) is 3.79. The van der Waals surface area contributed by atoms with Gasteiger partial charge in [0.2, 0.25) is 0 Å².